The van der Waals surface area contributed by atoms with Gasteiger partial charge < -0.3 is 15.4 Å². The van der Waals surface area contributed by atoms with Crippen molar-refractivity contribution in [2.45, 2.75) is 52.6 Å². The third-order valence-corrected chi connectivity index (χ3v) is 5.85. The lowest BCUT2D eigenvalue weighted by atomic mass is 9.92. The molecule has 4 rings (SSSR count). The van der Waals surface area contributed by atoms with E-state index in [4.69, 9.17) is 10.5 Å². The molecule has 1 aliphatic carbocycles. The number of rotatable bonds is 5. The van der Waals surface area contributed by atoms with E-state index in [-0.39, 0.29) is 6.10 Å². The van der Waals surface area contributed by atoms with Crippen molar-refractivity contribution >= 4 is 11.6 Å². The number of anilines is 1. The molecule has 1 aliphatic heterocycles. The van der Waals surface area contributed by atoms with E-state index in [0.29, 0.717) is 17.0 Å². The van der Waals surface area contributed by atoms with Gasteiger partial charge in [0.15, 0.2) is 0 Å². The summed E-state index contributed by atoms with van der Waals surface area (Å²) in [5, 5.41) is 0. The smallest absolute Gasteiger partial charge is 0.317 e. The normalized spacial score (nSPS) is 17.8. The Morgan fingerprint density at radius 2 is 1.89 bits per heavy atom. The van der Waals surface area contributed by atoms with Gasteiger partial charge in [0, 0.05) is 24.3 Å². The number of nitrogens with two attached hydrogens (primary N) is 1. The summed E-state index contributed by atoms with van der Waals surface area (Å²) in [5.41, 5.74) is 10.2. The largest absolute Gasteiger partial charge is 0.461 e. The predicted molar refractivity (Wildman–Crippen MR) is 110 cm³/mol. The first-order valence-electron chi connectivity index (χ1n) is 10.1. The van der Waals surface area contributed by atoms with Crippen LogP contribution in [0, 0.1) is 12.3 Å². The van der Waals surface area contributed by atoms with E-state index in [9.17, 15) is 4.79 Å². The molecule has 1 aromatic carbocycles. The number of hydrogen-bond acceptors (Lipinski definition) is 5. The number of amides is 1. The Labute approximate surface area is 166 Å². The number of nitrogens with zero attached hydrogens (tertiary/aromatic N) is 3. The van der Waals surface area contributed by atoms with Crippen LogP contribution in [0.5, 0.6) is 6.01 Å². The van der Waals surface area contributed by atoms with Crippen molar-refractivity contribution in [3.8, 4) is 17.3 Å². The van der Waals surface area contributed by atoms with Crippen LogP contribution >= 0.6 is 0 Å². The van der Waals surface area contributed by atoms with Gasteiger partial charge in [-0.3, -0.25) is 4.79 Å². The number of aryl methyl sites for hydroxylation is 1. The second kappa shape index (κ2) is 7.08. The molecule has 1 amide bonds. The first-order chi connectivity index (χ1) is 13.4. The summed E-state index contributed by atoms with van der Waals surface area (Å²) in [6.07, 6.45) is 5.01. The summed E-state index contributed by atoms with van der Waals surface area (Å²) < 4.78 is 5.73. The van der Waals surface area contributed by atoms with Gasteiger partial charge in [0.1, 0.15) is 0 Å². The molecular formula is C22H28N4O2. The molecular weight excluding hydrogens is 352 g/mol. The Kier molecular flexibility index (Phi) is 4.73. The molecule has 0 bridgehead atoms. The molecule has 2 aliphatic rings. The lowest BCUT2D eigenvalue weighted by molar-refractivity contribution is 0.100. The Morgan fingerprint density at radius 3 is 2.50 bits per heavy atom. The molecule has 2 N–H and O–H groups in total. The highest BCUT2D eigenvalue weighted by atomic mass is 16.5. The zero-order valence-corrected chi connectivity index (χ0v) is 16.9. The van der Waals surface area contributed by atoms with Gasteiger partial charge >= 0.3 is 6.01 Å². The molecule has 0 radical (unpaired) electrons. The molecule has 1 saturated carbocycles. The van der Waals surface area contributed by atoms with Crippen LogP contribution in [0.2, 0.25) is 0 Å². The molecule has 1 saturated heterocycles. The number of hydrogen-bond donors (Lipinski definition) is 1. The van der Waals surface area contributed by atoms with Gasteiger partial charge in [-0.05, 0) is 64.0 Å². The molecule has 0 atom stereocenters. The maximum absolute atomic E-state index is 12.2. The molecule has 2 fully saturated rings. The lowest BCUT2D eigenvalue weighted by Crippen LogP contribution is -2.36. The minimum Gasteiger partial charge on any atom is -0.461 e. The fourth-order valence-electron chi connectivity index (χ4n) is 4.11. The monoisotopic (exact) mass is 380 g/mol. The Morgan fingerprint density at radius 1 is 1.18 bits per heavy atom. The zero-order valence-electron chi connectivity index (χ0n) is 16.9. The van der Waals surface area contributed by atoms with E-state index in [0.717, 1.165) is 35.7 Å². The molecule has 2 heterocycles. The van der Waals surface area contributed by atoms with Crippen LogP contribution in [-0.4, -0.2) is 35.1 Å². The van der Waals surface area contributed by atoms with E-state index in [1.807, 2.05) is 45.0 Å². The molecule has 2 aromatic rings. The highest BCUT2D eigenvalue weighted by Gasteiger charge is 2.44. The van der Waals surface area contributed by atoms with Crippen LogP contribution in [0.1, 0.15) is 55.6 Å². The molecule has 1 aromatic heterocycles. The van der Waals surface area contributed by atoms with Crippen LogP contribution in [-0.2, 0) is 0 Å². The van der Waals surface area contributed by atoms with Crippen molar-refractivity contribution < 1.29 is 9.53 Å². The van der Waals surface area contributed by atoms with Crippen LogP contribution < -0.4 is 15.4 Å². The Balaban J connectivity index is 1.78. The van der Waals surface area contributed by atoms with Crippen molar-refractivity contribution in [3.05, 3.63) is 35.5 Å². The standard InChI is InChI=1S/C22H28N4O2/c1-14(2)28-21-24-15(3)13-18(25-21)16-5-4-6-17(20(23)27)19(16)26-11-9-22(7-8-22)10-12-26/h4-6,13-14H,7-12H2,1-3H3,(H2,23,27). The molecule has 6 heteroatoms. The van der Waals surface area contributed by atoms with Gasteiger partial charge in [0.25, 0.3) is 5.91 Å². The highest BCUT2D eigenvalue weighted by Crippen LogP contribution is 2.54. The van der Waals surface area contributed by atoms with E-state index >= 15 is 0 Å². The minimum atomic E-state index is -0.409. The third-order valence-electron chi connectivity index (χ3n) is 5.85. The molecule has 28 heavy (non-hydrogen) atoms. The van der Waals surface area contributed by atoms with Crippen LogP contribution in [0.25, 0.3) is 11.3 Å². The summed E-state index contributed by atoms with van der Waals surface area (Å²) in [5.74, 6) is -0.409. The predicted octanol–water partition coefficient (Wildman–Crippen LogP) is 3.72. The van der Waals surface area contributed by atoms with Crippen molar-refractivity contribution in [2.75, 3.05) is 18.0 Å². The summed E-state index contributed by atoms with van der Waals surface area (Å²) >= 11 is 0. The van der Waals surface area contributed by atoms with E-state index in [2.05, 4.69) is 14.9 Å². The average molecular weight is 380 g/mol. The molecule has 6 nitrogen and oxygen atoms in total. The summed E-state index contributed by atoms with van der Waals surface area (Å²) in [4.78, 5) is 23.5. The first-order valence-corrected chi connectivity index (χ1v) is 10.1. The number of carbonyl (C=O) groups excluding carboxylic acids is 1. The van der Waals surface area contributed by atoms with Gasteiger partial charge in [0.2, 0.25) is 0 Å². The SMILES string of the molecule is Cc1cc(-c2cccc(C(N)=O)c2N2CCC3(CC2)CC3)nc(OC(C)C)n1. The highest BCUT2D eigenvalue weighted by molar-refractivity contribution is 6.02. The van der Waals surface area contributed by atoms with Crippen molar-refractivity contribution in [1.82, 2.24) is 9.97 Å². The number of para-hydroxylation sites is 1. The second-order valence-corrected chi connectivity index (χ2v) is 8.40. The first kappa shape index (κ1) is 18.7. The maximum atomic E-state index is 12.2. The summed E-state index contributed by atoms with van der Waals surface area (Å²) in [6.45, 7) is 7.71. The minimum absolute atomic E-state index is 0.0112. The van der Waals surface area contributed by atoms with Gasteiger partial charge in [-0.1, -0.05) is 12.1 Å². The number of primary amides is 1. The van der Waals surface area contributed by atoms with Crippen molar-refractivity contribution in [1.29, 1.82) is 0 Å². The van der Waals surface area contributed by atoms with Gasteiger partial charge in [-0.15, -0.1) is 0 Å². The van der Waals surface area contributed by atoms with E-state index in [1.54, 1.807) is 0 Å². The molecule has 148 valence electrons. The molecule has 1 spiro atoms. The Hall–Kier alpha value is -2.63. The van der Waals surface area contributed by atoms with Crippen LogP contribution in [0.4, 0.5) is 5.69 Å². The number of carbonyl (C=O) groups is 1. The quantitative estimate of drug-likeness (QED) is 0.855. The maximum Gasteiger partial charge on any atom is 0.317 e. The Bertz CT molecular complexity index is 895. The van der Waals surface area contributed by atoms with E-state index < -0.39 is 5.91 Å². The average Bonchev–Trinajstić information content (AvgIpc) is 3.39. The van der Waals surface area contributed by atoms with Crippen LogP contribution in [0.15, 0.2) is 24.3 Å². The third kappa shape index (κ3) is 3.68. The summed E-state index contributed by atoms with van der Waals surface area (Å²) in [7, 11) is 0. The van der Waals surface area contributed by atoms with Crippen LogP contribution in [0.3, 0.4) is 0 Å². The van der Waals surface area contributed by atoms with Gasteiger partial charge in [-0.2, -0.15) is 4.98 Å². The topological polar surface area (TPSA) is 81.3 Å². The van der Waals surface area contributed by atoms with Gasteiger partial charge in [0.05, 0.1) is 23.0 Å². The number of benzene rings is 1. The zero-order chi connectivity index (χ0) is 19.9. The lowest BCUT2D eigenvalue weighted by Gasteiger charge is -2.36. The number of aromatic nitrogens is 2. The number of ether oxygens (including phenoxy) is 1. The fraction of sp³-hybridized carbons (Fsp3) is 0.500. The molecule has 0 unspecified atom stereocenters. The van der Waals surface area contributed by atoms with Crippen molar-refractivity contribution in [3.63, 3.8) is 0 Å². The second-order valence-electron chi connectivity index (χ2n) is 8.40. The summed E-state index contributed by atoms with van der Waals surface area (Å²) in [6, 6.07) is 7.97. The number of piperidine rings is 1. The van der Waals surface area contributed by atoms with Crippen molar-refractivity contribution in [2.24, 2.45) is 11.1 Å². The van der Waals surface area contributed by atoms with E-state index in [1.165, 1.54) is 25.7 Å². The fourth-order valence-corrected chi connectivity index (χ4v) is 4.11. The van der Waals surface area contributed by atoms with Gasteiger partial charge in [-0.25, -0.2) is 4.98 Å².